The van der Waals surface area contributed by atoms with Crippen LogP contribution in [0.5, 0.6) is 0 Å². The van der Waals surface area contributed by atoms with Crippen LogP contribution < -0.4 is 4.90 Å². The van der Waals surface area contributed by atoms with Gasteiger partial charge in [0.15, 0.2) is 12.1 Å². The van der Waals surface area contributed by atoms with Crippen LogP contribution >= 0.6 is 0 Å². The Bertz CT molecular complexity index is 687. The number of hydrogen-bond acceptors (Lipinski definition) is 6. The minimum atomic E-state index is -1.11. The van der Waals surface area contributed by atoms with E-state index in [0.717, 1.165) is 0 Å². The van der Waals surface area contributed by atoms with E-state index in [1.165, 1.54) is 19.1 Å². The fourth-order valence-electron chi connectivity index (χ4n) is 3.70. The topological polar surface area (TPSA) is 82.1 Å². The van der Waals surface area contributed by atoms with Crippen LogP contribution in [0.4, 0.5) is 10.5 Å². The van der Waals surface area contributed by atoms with E-state index in [4.69, 9.17) is 14.2 Å². The molecule has 1 fully saturated rings. The fraction of sp³-hybridized carbons (Fsp3) is 0.438. The van der Waals surface area contributed by atoms with Crippen molar-refractivity contribution in [3.05, 3.63) is 29.8 Å². The molecule has 23 heavy (non-hydrogen) atoms. The average molecular weight is 319 g/mol. The van der Waals surface area contributed by atoms with Gasteiger partial charge in [0.1, 0.15) is 0 Å². The summed E-state index contributed by atoms with van der Waals surface area (Å²) in [5.74, 6) is -2.47. The number of nitrogens with zero attached hydrogens (tertiary/aromatic N) is 1. The third-order valence-electron chi connectivity index (χ3n) is 4.71. The van der Waals surface area contributed by atoms with Gasteiger partial charge in [-0.25, -0.2) is 9.69 Å². The van der Waals surface area contributed by atoms with E-state index in [1.54, 1.807) is 24.3 Å². The highest BCUT2D eigenvalue weighted by atomic mass is 16.6. The van der Waals surface area contributed by atoms with E-state index in [-0.39, 0.29) is 0 Å². The van der Waals surface area contributed by atoms with Gasteiger partial charge < -0.3 is 14.2 Å². The SMILES string of the molecule is CC[C@@]12c3ccccc3N(C(=O)OC)[C@@H]1OC(=O)[C@@H]2C(=O)OC. The first-order chi connectivity index (χ1) is 11.0. The van der Waals surface area contributed by atoms with Crippen molar-refractivity contribution in [2.75, 3.05) is 19.1 Å². The second-order valence-electron chi connectivity index (χ2n) is 5.50. The lowest BCUT2D eigenvalue weighted by atomic mass is 9.70. The van der Waals surface area contributed by atoms with E-state index < -0.39 is 35.6 Å². The van der Waals surface area contributed by atoms with Crippen LogP contribution in [0.25, 0.3) is 0 Å². The number of benzene rings is 1. The minimum Gasteiger partial charge on any atom is -0.468 e. The predicted octanol–water partition coefficient (Wildman–Crippen LogP) is 1.59. The van der Waals surface area contributed by atoms with E-state index in [1.807, 2.05) is 6.92 Å². The number of rotatable bonds is 2. The number of ether oxygens (including phenoxy) is 3. The van der Waals surface area contributed by atoms with Crippen molar-refractivity contribution in [2.45, 2.75) is 25.0 Å². The third-order valence-corrected chi connectivity index (χ3v) is 4.71. The fourth-order valence-corrected chi connectivity index (χ4v) is 3.70. The van der Waals surface area contributed by atoms with Crippen LogP contribution in [0, 0.1) is 5.92 Å². The van der Waals surface area contributed by atoms with Crippen LogP contribution in [0.15, 0.2) is 24.3 Å². The maximum Gasteiger partial charge on any atom is 0.417 e. The summed E-state index contributed by atoms with van der Waals surface area (Å²) in [7, 11) is 2.48. The molecule has 0 unspecified atom stereocenters. The van der Waals surface area contributed by atoms with Gasteiger partial charge in [-0.1, -0.05) is 25.1 Å². The van der Waals surface area contributed by atoms with Crippen molar-refractivity contribution in [3.63, 3.8) is 0 Å². The van der Waals surface area contributed by atoms with Gasteiger partial charge in [-0.15, -0.1) is 0 Å². The van der Waals surface area contributed by atoms with Gasteiger partial charge in [0.2, 0.25) is 0 Å². The number of carbonyl (C=O) groups excluding carboxylic acids is 3. The smallest absolute Gasteiger partial charge is 0.417 e. The third kappa shape index (κ3) is 1.79. The zero-order chi connectivity index (χ0) is 16.8. The molecule has 3 rings (SSSR count). The molecule has 0 aliphatic carbocycles. The lowest BCUT2D eigenvalue weighted by Crippen LogP contribution is -2.48. The quantitative estimate of drug-likeness (QED) is 0.468. The van der Waals surface area contributed by atoms with E-state index in [2.05, 4.69) is 0 Å². The highest BCUT2D eigenvalue weighted by molar-refractivity contribution is 6.03. The number of methoxy groups -OCH3 is 2. The van der Waals surface area contributed by atoms with Gasteiger partial charge in [0.05, 0.1) is 25.3 Å². The molecule has 1 aromatic carbocycles. The van der Waals surface area contributed by atoms with Crippen molar-refractivity contribution >= 4 is 23.7 Å². The molecule has 0 aromatic heterocycles. The first-order valence-electron chi connectivity index (χ1n) is 7.28. The number of esters is 2. The van der Waals surface area contributed by atoms with Gasteiger partial charge in [-0.3, -0.25) is 9.59 Å². The molecule has 0 radical (unpaired) electrons. The Labute approximate surface area is 133 Å². The molecule has 0 saturated carbocycles. The molecule has 3 atom stereocenters. The monoisotopic (exact) mass is 319 g/mol. The zero-order valence-electron chi connectivity index (χ0n) is 13.1. The van der Waals surface area contributed by atoms with Crippen molar-refractivity contribution in [1.29, 1.82) is 0 Å². The zero-order valence-corrected chi connectivity index (χ0v) is 13.1. The molecule has 1 aromatic rings. The van der Waals surface area contributed by atoms with Gasteiger partial charge in [-0.05, 0) is 18.1 Å². The normalized spacial score (nSPS) is 28.0. The Morgan fingerprint density at radius 2 is 1.96 bits per heavy atom. The molecule has 2 heterocycles. The molecular formula is C16H17NO6. The first-order valence-corrected chi connectivity index (χ1v) is 7.28. The molecular weight excluding hydrogens is 302 g/mol. The van der Waals surface area contributed by atoms with Crippen LogP contribution in [0.3, 0.4) is 0 Å². The number of hydrogen-bond donors (Lipinski definition) is 0. The molecule has 0 bridgehead atoms. The Balaban J connectivity index is 2.25. The lowest BCUT2D eigenvalue weighted by Gasteiger charge is -2.30. The average Bonchev–Trinajstić information content (AvgIpc) is 3.01. The van der Waals surface area contributed by atoms with Gasteiger partial charge in [0.25, 0.3) is 0 Å². The highest BCUT2D eigenvalue weighted by Crippen LogP contribution is 2.56. The Hall–Kier alpha value is -2.57. The molecule has 2 aliphatic heterocycles. The molecule has 122 valence electrons. The summed E-state index contributed by atoms with van der Waals surface area (Å²) < 4.78 is 15.0. The molecule has 7 nitrogen and oxygen atoms in total. The molecule has 0 N–H and O–H groups in total. The number of fused-ring (bicyclic) bond motifs is 3. The van der Waals surface area contributed by atoms with E-state index >= 15 is 0 Å². The second-order valence-corrected chi connectivity index (χ2v) is 5.50. The van der Waals surface area contributed by atoms with Crippen LogP contribution in [-0.2, 0) is 29.2 Å². The summed E-state index contributed by atoms with van der Waals surface area (Å²) >= 11 is 0. The summed E-state index contributed by atoms with van der Waals surface area (Å²) in [6, 6.07) is 7.11. The number of para-hydroxylation sites is 1. The van der Waals surface area contributed by atoms with Crippen molar-refractivity contribution in [2.24, 2.45) is 5.92 Å². The molecule has 1 saturated heterocycles. The van der Waals surface area contributed by atoms with E-state index in [0.29, 0.717) is 17.7 Å². The van der Waals surface area contributed by atoms with Crippen LogP contribution in [0.2, 0.25) is 0 Å². The minimum absolute atomic E-state index is 0.424. The van der Waals surface area contributed by atoms with Gasteiger partial charge in [-0.2, -0.15) is 0 Å². The van der Waals surface area contributed by atoms with Gasteiger partial charge >= 0.3 is 18.0 Å². The predicted molar refractivity (Wildman–Crippen MR) is 78.7 cm³/mol. The lowest BCUT2D eigenvalue weighted by molar-refractivity contribution is -0.155. The summed E-state index contributed by atoms with van der Waals surface area (Å²) in [5.41, 5.74) is 0.307. The summed E-state index contributed by atoms with van der Waals surface area (Å²) in [4.78, 5) is 38.1. The molecule has 2 aliphatic rings. The standard InChI is InChI=1S/C16H17NO6/c1-4-16-9-7-5-6-8-10(9)17(15(20)22-3)14(16)23-13(19)11(16)12(18)21-2/h5-8,11,14H,4H2,1-3H3/t11-,14+,16-/m0/s1. The van der Waals surface area contributed by atoms with Crippen LogP contribution in [-0.4, -0.2) is 38.5 Å². The summed E-state index contributed by atoms with van der Waals surface area (Å²) in [6.45, 7) is 1.85. The van der Waals surface area contributed by atoms with E-state index in [9.17, 15) is 14.4 Å². The number of anilines is 1. The second kappa shape index (κ2) is 5.26. The molecule has 1 amide bonds. The highest BCUT2D eigenvalue weighted by Gasteiger charge is 2.68. The van der Waals surface area contributed by atoms with Crippen molar-refractivity contribution in [1.82, 2.24) is 0 Å². The largest absolute Gasteiger partial charge is 0.468 e. The number of carbonyl (C=O) groups is 3. The van der Waals surface area contributed by atoms with Crippen molar-refractivity contribution in [3.8, 4) is 0 Å². The maximum atomic E-state index is 12.3. The summed E-state index contributed by atoms with van der Waals surface area (Å²) in [5, 5.41) is 0. The van der Waals surface area contributed by atoms with Gasteiger partial charge in [0, 0.05) is 0 Å². The summed E-state index contributed by atoms with van der Waals surface area (Å²) in [6.07, 6.45) is -1.14. The Kier molecular flexibility index (Phi) is 3.50. The number of amides is 1. The Morgan fingerprint density at radius 3 is 2.57 bits per heavy atom. The maximum absolute atomic E-state index is 12.3. The first kappa shape index (κ1) is 15.3. The van der Waals surface area contributed by atoms with Crippen LogP contribution in [0.1, 0.15) is 18.9 Å². The van der Waals surface area contributed by atoms with Crippen molar-refractivity contribution < 1.29 is 28.6 Å². The molecule has 0 spiro atoms. The molecule has 7 heteroatoms. The Morgan fingerprint density at radius 1 is 1.26 bits per heavy atom.